The van der Waals surface area contributed by atoms with Crippen LogP contribution in [0.2, 0.25) is 0 Å². The van der Waals surface area contributed by atoms with E-state index in [9.17, 15) is 0 Å². The summed E-state index contributed by atoms with van der Waals surface area (Å²) in [6.07, 6.45) is 0. The van der Waals surface area contributed by atoms with E-state index in [1.807, 2.05) is 0 Å². The van der Waals surface area contributed by atoms with Gasteiger partial charge < -0.3 is 0 Å². The molecular weight excluding hydrogens is 1380 g/mol. The molecule has 0 aliphatic heterocycles. The van der Waals surface area contributed by atoms with E-state index >= 15 is 0 Å². The average molecular weight is 1490 g/mol. The highest BCUT2D eigenvalue weighted by atomic mass is 14.3. The third-order valence-corrected chi connectivity index (χ3v) is 24.1. The molecule has 0 radical (unpaired) electrons. The van der Waals surface area contributed by atoms with E-state index in [-0.39, 0.29) is 16.2 Å². The van der Waals surface area contributed by atoms with Gasteiger partial charge in [0.1, 0.15) is 0 Å². The summed E-state index contributed by atoms with van der Waals surface area (Å²) in [5, 5.41) is 32.4. The largest absolute Gasteiger partial charge is 0.0622 e. The second-order valence-corrected chi connectivity index (χ2v) is 34.9. The van der Waals surface area contributed by atoms with Crippen LogP contribution in [0.5, 0.6) is 0 Å². The third kappa shape index (κ3) is 14.6. The number of benzene rings is 20. The van der Waals surface area contributed by atoms with Gasteiger partial charge in [-0.2, -0.15) is 0 Å². The minimum Gasteiger partial charge on any atom is -0.0622 e. The minimum absolute atomic E-state index is 0.113. The van der Waals surface area contributed by atoms with Crippen LogP contribution in [0, 0.1) is 48.5 Å². The normalized spacial score (nSPS) is 11.8. The Bertz CT molecular complexity index is 7020. The molecule has 0 atom stereocenters. The van der Waals surface area contributed by atoms with Crippen LogP contribution in [0.4, 0.5) is 0 Å². The lowest BCUT2D eigenvalue weighted by Gasteiger charge is -2.30. The van der Waals surface area contributed by atoms with Crippen molar-refractivity contribution in [2.24, 2.45) is 0 Å². The predicted octanol–water partition coefficient (Wildman–Crippen LogP) is 33.3. The van der Waals surface area contributed by atoms with E-state index in [4.69, 9.17) is 0 Å². The second-order valence-electron chi connectivity index (χ2n) is 34.9. The van der Waals surface area contributed by atoms with Crippen LogP contribution in [0.15, 0.2) is 340 Å². The van der Waals surface area contributed by atoms with Gasteiger partial charge in [-0.05, 0) is 278 Å². The van der Waals surface area contributed by atoms with Gasteiger partial charge in [0, 0.05) is 0 Å². The van der Waals surface area contributed by atoms with Crippen molar-refractivity contribution in [1.82, 2.24) is 0 Å². The SMILES string of the molecule is Cc1c2ccccc2c(-c2ccc3ccccc3c2)c2ccccc12.Cc1c2ccccc2c(-c2cccc3ccccc23)c2ccccc12.Cc1c2ccccc2c(-c2ccccc2)c2ccc(C(C)(C)C)cc12.Cc1ccc2c(C(C)(C)C)c3ccccc3c(C(C)(C)C)c2c1.Cc1ccc2c(C)c3ccccc3c(C)c2c1. The van der Waals surface area contributed by atoms with Crippen molar-refractivity contribution in [1.29, 1.82) is 0 Å². The molecule has 0 spiro atoms. The molecule has 0 saturated heterocycles. The first kappa shape index (κ1) is 76.5. The molecule has 0 nitrogen and oxygen atoms in total. The lowest BCUT2D eigenvalue weighted by atomic mass is 9.74. The Labute approximate surface area is 680 Å². The van der Waals surface area contributed by atoms with Crippen molar-refractivity contribution in [2.45, 2.75) is 127 Å². The zero-order chi connectivity index (χ0) is 80.2. The van der Waals surface area contributed by atoms with Gasteiger partial charge >= 0.3 is 0 Å². The molecule has 20 rings (SSSR count). The van der Waals surface area contributed by atoms with Gasteiger partial charge in [-0.3, -0.25) is 0 Å². The van der Waals surface area contributed by atoms with Crippen LogP contribution >= 0.6 is 0 Å². The van der Waals surface area contributed by atoms with Crippen molar-refractivity contribution in [2.75, 3.05) is 0 Å². The number of aryl methyl sites for hydroxylation is 7. The molecule has 115 heavy (non-hydrogen) atoms. The van der Waals surface area contributed by atoms with Crippen LogP contribution in [0.25, 0.3) is 163 Å². The van der Waals surface area contributed by atoms with Crippen molar-refractivity contribution >= 4 is 129 Å². The summed E-state index contributed by atoms with van der Waals surface area (Å²) >= 11 is 0. The number of rotatable bonds is 3. The van der Waals surface area contributed by atoms with Crippen LogP contribution in [0.1, 0.15) is 118 Å². The summed E-state index contributed by atoms with van der Waals surface area (Å²) in [6, 6.07) is 124. The second kappa shape index (κ2) is 31.1. The quantitative estimate of drug-likeness (QED) is 0.155. The van der Waals surface area contributed by atoms with Crippen LogP contribution in [0.3, 0.4) is 0 Å². The van der Waals surface area contributed by atoms with E-state index < -0.39 is 0 Å². The highest BCUT2D eigenvalue weighted by molar-refractivity contribution is 6.20. The Morgan fingerprint density at radius 2 is 0.470 bits per heavy atom. The monoisotopic (exact) mass is 1480 g/mol. The maximum atomic E-state index is 2.39. The van der Waals surface area contributed by atoms with Crippen molar-refractivity contribution in [3.8, 4) is 33.4 Å². The third-order valence-electron chi connectivity index (χ3n) is 24.1. The smallest absolute Gasteiger partial charge is 0.00204 e. The van der Waals surface area contributed by atoms with Crippen LogP contribution in [-0.4, -0.2) is 0 Å². The average Bonchev–Trinajstić information content (AvgIpc) is 0.726. The van der Waals surface area contributed by atoms with Crippen LogP contribution in [-0.2, 0) is 16.2 Å². The lowest BCUT2D eigenvalue weighted by Crippen LogP contribution is -2.17. The van der Waals surface area contributed by atoms with Crippen molar-refractivity contribution in [3.63, 3.8) is 0 Å². The van der Waals surface area contributed by atoms with Gasteiger partial charge in [0.25, 0.3) is 0 Å². The van der Waals surface area contributed by atoms with Crippen LogP contribution < -0.4 is 0 Å². The zero-order valence-electron chi connectivity index (χ0n) is 69.8. The molecule has 0 aliphatic carbocycles. The lowest BCUT2D eigenvalue weighted by molar-refractivity contribution is 0.591. The Morgan fingerprint density at radius 3 is 0.930 bits per heavy atom. The molecule has 0 N–H and O–H groups in total. The molecule has 0 unspecified atom stereocenters. The van der Waals surface area contributed by atoms with Gasteiger partial charge in [0.15, 0.2) is 0 Å². The van der Waals surface area contributed by atoms with E-state index in [0.717, 1.165) is 0 Å². The molecule has 0 heterocycles. The summed E-state index contributed by atoms with van der Waals surface area (Å²) < 4.78 is 0. The molecule has 0 heteroatoms. The Hall–Kier alpha value is -12.5. The number of hydrogen-bond acceptors (Lipinski definition) is 0. The molecule has 0 aliphatic rings. The van der Waals surface area contributed by atoms with Gasteiger partial charge in [-0.15, -0.1) is 0 Å². The molecule has 0 saturated carbocycles. The first-order chi connectivity index (χ1) is 55.4. The molecule has 20 aromatic rings. The van der Waals surface area contributed by atoms with Gasteiger partial charge in [-0.1, -0.05) is 407 Å². The molecule has 564 valence electrons. The molecule has 20 aromatic carbocycles. The summed E-state index contributed by atoms with van der Waals surface area (Å²) in [6.45, 7) is 36.3. The van der Waals surface area contributed by atoms with E-state index in [1.165, 1.54) is 218 Å². The van der Waals surface area contributed by atoms with Gasteiger partial charge in [0.05, 0.1) is 0 Å². The number of hydrogen-bond donors (Lipinski definition) is 0. The van der Waals surface area contributed by atoms with Gasteiger partial charge in [0.2, 0.25) is 0 Å². The van der Waals surface area contributed by atoms with Crippen molar-refractivity contribution < 1.29 is 0 Å². The molecule has 0 aromatic heterocycles. The molecule has 0 amide bonds. The highest BCUT2D eigenvalue weighted by Crippen LogP contribution is 2.47. The van der Waals surface area contributed by atoms with E-state index in [1.54, 1.807) is 0 Å². The standard InChI is InChI=1S/2C25H18.C25H24.C23H28.C17H16/c1-17-19-11-4-6-14-22(19)25(23-15-7-5-12-20(17)23)24-16-8-10-18-9-2-3-13-21(18)24;1-17-21-10-4-6-12-23(21)25(24-13-7-5-11-22(17)24)20-15-14-18-8-2-3-9-19(18)16-20;1-17-20-12-8-9-13-21(20)24(18-10-6-5-7-11-18)22-15-14-19(16-23(17)22)25(2,3)4;1-15-12-13-18-19(14-15)21(23(5,6)7)17-11-9-8-10-16(17)20(18)22(2,3)4;1-11-8-9-16-12(2)14-6-4-5-7-15(14)13(3)17(16)10-11/h2*2-16H,1H3;5-16H,1-4H3;8-14H,1-7H3;4-10H,1-3H3. The fourth-order valence-electron chi connectivity index (χ4n) is 18.5. The van der Waals surface area contributed by atoms with Crippen molar-refractivity contribution in [3.05, 3.63) is 395 Å². The summed E-state index contributed by atoms with van der Waals surface area (Å²) in [7, 11) is 0. The Kier molecular flexibility index (Phi) is 20.7. The first-order valence-electron chi connectivity index (χ1n) is 41.1. The minimum atomic E-state index is 0.113. The zero-order valence-corrected chi connectivity index (χ0v) is 69.8. The molecule has 0 bridgehead atoms. The topological polar surface area (TPSA) is 0 Å². The summed E-state index contributed by atoms with van der Waals surface area (Å²) in [4.78, 5) is 0. The molecule has 0 fully saturated rings. The van der Waals surface area contributed by atoms with E-state index in [2.05, 4.69) is 450 Å². The summed E-state index contributed by atoms with van der Waals surface area (Å²) in [5.41, 5.74) is 22.1. The number of fused-ring (bicyclic) bond motifs is 12. The van der Waals surface area contributed by atoms with E-state index in [0.29, 0.717) is 0 Å². The molecular formula is C115H104. The van der Waals surface area contributed by atoms with Gasteiger partial charge in [-0.25, -0.2) is 0 Å². The predicted molar refractivity (Wildman–Crippen MR) is 508 cm³/mol. The fourth-order valence-corrected chi connectivity index (χ4v) is 18.5. The maximum absolute atomic E-state index is 2.39. The summed E-state index contributed by atoms with van der Waals surface area (Å²) in [5.74, 6) is 0. The highest BCUT2D eigenvalue weighted by Gasteiger charge is 2.28. The Balaban J connectivity index is 0.000000109. The fraction of sp³-hybridized carbons (Fsp3) is 0.165. The maximum Gasteiger partial charge on any atom is -0.00204 e. The first-order valence-corrected chi connectivity index (χ1v) is 41.1. The Morgan fingerprint density at radius 1 is 0.165 bits per heavy atom.